The monoisotopic (exact) mass is 261 g/mol. The number of rotatable bonds is 7. The zero-order chi connectivity index (χ0) is 14.1. The normalized spacial score (nSPS) is 9.89. The minimum Gasteiger partial charge on any atom is -0.480 e. The fraction of sp³-hybridized carbons (Fsp3) is 0.556. The van der Waals surface area contributed by atoms with Gasteiger partial charge in [0.2, 0.25) is 5.91 Å². The van der Waals surface area contributed by atoms with Crippen LogP contribution in [0.5, 0.6) is 0 Å². The highest BCUT2D eigenvalue weighted by Gasteiger charge is 2.15. The Balaban J connectivity index is 4.16. The third-order valence-electron chi connectivity index (χ3n) is 1.85. The maximum atomic E-state index is 11.2. The van der Waals surface area contributed by atoms with Crippen molar-refractivity contribution in [1.82, 2.24) is 15.5 Å². The van der Waals surface area contributed by atoms with E-state index in [2.05, 4.69) is 5.32 Å². The Hall–Kier alpha value is -2.16. The topological polar surface area (TPSA) is 136 Å². The lowest BCUT2D eigenvalue weighted by molar-refractivity contribution is -0.142. The van der Waals surface area contributed by atoms with Crippen LogP contribution < -0.4 is 10.6 Å². The van der Waals surface area contributed by atoms with E-state index in [1.54, 1.807) is 0 Å². The fourth-order valence-corrected chi connectivity index (χ4v) is 1.11. The molecule has 0 aliphatic heterocycles. The summed E-state index contributed by atoms with van der Waals surface area (Å²) in [5, 5.41) is 21.2. The smallest absolute Gasteiger partial charge is 0.321 e. The number of urea groups is 1. The number of hydrogen-bond acceptors (Lipinski definition) is 5. The molecule has 4 N–H and O–H groups in total. The van der Waals surface area contributed by atoms with E-state index >= 15 is 0 Å². The lowest BCUT2D eigenvalue weighted by Crippen LogP contribution is -2.41. The molecule has 0 radical (unpaired) electrons. The van der Waals surface area contributed by atoms with Crippen LogP contribution >= 0.6 is 0 Å². The maximum Gasteiger partial charge on any atom is 0.321 e. The molecule has 0 aromatic rings. The fourth-order valence-electron chi connectivity index (χ4n) is 1.11. The average molecular weight is 261 g/mol. The number of nitrogens with one attached hydrogen (secondary N) is 2. The zero-order valence-corrected chi connectivity index (χ0v) is 9.80. The van der Waals surface area contributed by atoms with Crippen LogP contribution in [0.25, 0.3) is 0 Å². The summed E-state index contributed by atoms with van der Waals surface area (Å²) in [6, 6.07) is -0.678. The van der Waals surface area contributed by atoms with Gasteiger partial charge in [-0.25, -0.2) is 4.79 Å². The Morgan fingerprint density at radius 2 is 1.56 bits per heavy atom. The quantitative estimate of drug-likeness (QED) is 0.429. The van der Waals surface area contributed by atoms with E-state index in [1.165, 1.54) is 7.05 Å². The average Bonchev–Trinajstić information content (AvgIpc) is 2.24. The van der Waals surface area contributed by atoms with Gasteiger partial charge in [0.1, 0.15) is 0 Å². The van der Waals surface area contributed by atoms with Crippen LogP contribution in [0.1, 0.15) is 6.42 Å². The van der Waals surface area contributed by atoms with Crippen molar-refractivity contribution in [3.63, 3.8) is 0 Å². The van der Waals surface area contributed by atoms with Gasteiger partial charge in [0, 0.05) is 20.0 Å². The SMILES string of the molecule is CNC(=O)NC(=O)CCN(CC(=O)O)CC(=O)O. The summed E-state index contributed by atoms with van der Waals surface area (Å²) in [4.78, 5) is 44.0. The first kappa shape index (κ1) is 15.8. The Morgan fingerprint density at radius 1 is 1.06 bits per heavy atom. The summed E-state index contributed by atoms with van der Waals surface area (Å²) in [5.41, 5.74) is 0. The van der Waals surface area contributed by atoms with Gasteiger partial charge in [0.25, 0.3) is 0 Å². The molecular weight excluding hydrogens is 246 g/mol. The van der Waals surface area contributed by atoms with Gasteiger partial charge in [-0.1, -0.05) is 0 Å². The van der Waals surface area contributed by atoms with Crippen LogP contribution in [0.3, 0.4) is 0 Å². The number of aliphatic carboxylic acids is 2. The minimum atomic E-state index is -1.19. The molecule has 18 heavy (non-hydrogen) atoms. The predicted molar refractivity (Wildman–Crippen MR) is 58.9 cm³/mol. The number of imide groups is 1. The second-order valence-corrected chi connectivity index (χ2v) is 3.38. The van der Waals surface area contributed by atoms with Crippen LogP contribution in [0.15, 0.2) is 0 Å². The van der Waals surface area contributed by atoms with Crippen molar-refractivity contribution in [2.45, 2.75) is 6.42 Å². The maximum absolute atomic E-state index is 11.2. The molecule has 0 spiro atoms. The summed E-state index contributed by atoms with van der Waals surface area (Å²) >= 11 is 0. The van der Waals surface area contributed by atoms with Crippen molar-refractivity contribution in [1.29, 1.82) is 0 Å². The predicted octanol–water partition coefficient (Wildman–Crippen LogP) is -1.70. The van der Waals surface area contributed by atoms with Crippen molar-refractivity contribution in [3.05, 3.63) is 0 Å². The molecule has 102 valence electrons. The van der Waals surface area contributed by atoms with Crippen molar-refractivity contribution < 1.29 is 29.4 Å². The highest BCUT2D eigenvalue weighted by atomic mass is 16.4. The first-order chi connectivity index (χ1) is 8.35. The summed E-state index contributed by atoms with van der Waals surface area (Å²) in [6.45, 7) is -1.04. The van der Waals surface area contributed by atoms with Crippen LogP contribution in [0, 0.1) is 0 Å². The molecule has 0 unspecified atom stereocenters. The van der Waals surface area contributed by atoms with Gasteiger partial charge < -0.3 is 15.5 Å². The number of carboxylic acid groups (broad SMARTS) is 2. The van der Waals surface area contributed by atoms with Crippen LogP contribution in [-0.2, 0) is 14.4 Å². The summed E-state index contributed by atoms with van der Waals surface area (Å²) < 4.78 is 0. The third kappa shape index (κ3) is 8.05. The Kier molecular flexibility index (Phi) is 7.05. The molecule has 0 aromatic heterocycles. The van der Waals surface area contributed by atoms with Crippen LogP contribution in [0.2, 0.25) is 0 Å². The molecule has 0 saturated carbocycles. The summed E-state index contributed by atoms with van der Waals surface area (Å²) in [6.07, 6.45) is -0.173. The van der Waals surface area contributed by atoms with E-state index in [0.717, 1.165) is 4.90 Å². The molecule has 9 heteroatoms. The van der Waals surface area contributed by atoms with Crippen LogP contribution in [0.4, 0.5) is 4.79 Å². The van der Waals surface area contributed by atoms with E-state index in [9.17, 15) is 19.2 Å². The molecule has 0 heterocycles. The van der Waals surface area contributed by atoms with Crippen LogP contribution in [-0.4, -0.2) is 65.7 Å². The number of carboxylic acids is 2. The van der Waals surface area contributed by atoms with Crippen molar-refractivity contribution in [2.24, 2.45) is 0 Å². The molecule has 0 atom stereocenters. The Bertz CT molecular complexity index is 327. The lowest BCUT2D eigenvalue weighted by Gasteiger charge is -2.17. The van der Waals surface area contributed by atoms with Crippen molar-refractivity contribution in [2.75, 3.05) is 26.7 Å². The Morgan fingerprint density at radius 3 is 1.94 bits per heavy atom. The molecule has 0 aliphatic rings. The van der Waals surface area contributed by atoms with E-state index in [4.69, 9.17) is 10.2 Å². The molecule has 0 saturated heterocycles. The van der Waals surface area contributed by atoms with Gasteiger partial charge in [-0.3, -0.25) is 24.6 Å². The summed E-state index contributed by atoms with van der Waals surface area (Å²) in [5.74, 6) is -3.00. The van der Waals surface area contributed by atoms with E-state index < -0.39 is 37.0 Å². The van der Waals surface area contributed by atoms with Gasteiger partial charge >= 0.3 is 18.0 Å². The molecule has 9 nitrogen and oxygen atoms in total. The molecule has 0 aliphatic carbocycles. The van der Waals surface area contributed by atoms with Gasteiger partial charge in [0.05, 0.1) is 13.1 Å². The second kappa shape index (κ2) is 8.01. The van der Waals surface area contributed by atoms with Crippen molar-refractivity contribution >= 4 is 23.9 Å². The van der Waals surface area contributed by atoms with Gasteiger partial charge in [-0.05, 0) is 0 Å². The largest absolute Gasteiger partial charge is 0.480 e. The molecule has 0 fully saturated rings. The molecule has 0 rings (SSSR count). The zero-order valence-electron chi connectivity index (χ0n) is 9.80. The third-order valence-corrected chi connectivity index (χ3v) is 1.85. The molecular formula is C9H15N3O6. The highest BCUT2D eigenvalue weighted by molar-refractivity contribution is 5.94. The minimum absolute atomic E-state index is 0.0680. The number of carbonyl (C=O) groups excluding carboxylic acids is 2. The standard InChI is InChI=1S/C9H15N3O6/c1-10-9(18)11-6(13)2-3-12(4-7(14)15)5-8(16)17/h2-5H2,1H3,(H,14,15)(H,16,17)(H2,10,11,13,18). The lowest BCUT2D eigenvalue weighted by atomic mass is 10.3. The molecule has 0 aromatic carbocycles. The van der Waals surface area contributed by atoms with Gasteiger partial charge in [-0.2, -0.15) is 0 Å². The Labute approximate surface area is 103 Å². The van der Waals surface area contributed by atoms with Gasteiger partial charge in [0.15, 0.2) is 0 Å². The van der Waals surface area contributed by atoms with E-state index in [-0.39, 0.29) is 13.0 Å². The number of carbonyl (C=O) groups is 4. The number of nitrogens with zero attached hydrogens (tertiary/aromatic N) is 1. The highest BCUT2D eigenvalue weighted by Crippen LogP contribution is 1.92. The second-order valence-electron chi connectivity index (χ2n) is 3.38. The van der Waals surface area contributed by atoms with Gasteiger partial charge in [-0.15, -0.1) is 0 Å². The first-order valence-electron chi connectivity index (χ1n) is 5.02. The first-order valence-corrected chi connectivity index (χ1v) is 5.02. The van der Waals surface area contributed by atoms with E-state index in [1.807, 2.05) is 5.32 Å². The molecule has 0 bridgehead atoms. The molecule has 3 amide bonds. The number of amides is 3. The number of hydrogen-bond donors (Lipinski definition) is 4. The summed E-state index contributed by atoms with van der Waals surface area (Å²) in [7, 11) is 1.34. The van der Waals surface area contributed by atoms with E-state index in [0.29, 0.717) is 0 Å². The van der Waals surface area contributed by atoms with Crippen molar-refractivity contribution in [3.8, 4) is 0 Å².